The fourth-order valence-corrected chi connectivity index (χ4v) is 2.27. The standard InChI is InChI=1S/C16H10F2N6O3/c17-9-2-1-3-11(4-9)24-13(5-10(6-19)22-24)20-14(25)8-23-7-12(18)15(26)21-16(23)27/h1-5,7H,8H2,(H,20,25)(H,21,26,27). The summed E-state index contributed by atoms with van der Waals surface area (Å²) in [4.78, 5) is 36.6. The third kappa shape index (κ3) is 3.79. The second-order valence-corrected chi connectivity index (χ2v) is 5.33. The molecular formula is C16H10F2N6O3. The second kappa shape index (κ2) is 7.04. The van der Waals surface area contributed by atoms with Crippen LogP contribution in [0.2, 0.25) is 0 Å². The monoisotopic (exact) mass is 372 g/mol. The molecule has 0 spiro atoms. The van der Waals surface area contributed by atoms with Crippen molar-refractivity contribution < 1.29 is 13.6 Å². The van der Waals surface area contributed by atoms with E-state index < -0.39 is 35.3 Å². The van der Waals surface area contributed by atoms with Crippen LogP contribution in [0, 0.1) is 23.0 Å². The van der Waals surface area contributed by atoms with Gasteiger partial charge < -0.3 is 5.32 Å². The minimum atomic E-state index is -1.22. The number of rotatable bonds is 4. The highest BCUT2D eigenvalue weighted by molar-refractivity contribution is 5.90. The van der Waals surface area contributed by atoms with Crippen LogP contribution in [0.15, 0.2) is 46.1 Å². The first-order chi connectivity index (χ1) is 12.9. The summed E-state index contributed by atoms with van der Waals surface area (Å²) in [6.07, 6.45) is 0.603. The van der Waals surface area contributed by atoms with Gasteiger partial charge >= 0.3 is 5.69 Å². The number of nitrogens with one attached hydrogen (secondary N) is 2. The number of benzene rings is 1. The lowest BCUT2D eigenvalue weighted by Crippen LogP contribution is -2.34. The lowest BCUT2D eigenvalue weighted by molar-refractivity contribution is -0.116. The molecule has 0 atom stereocenters. The van der Waals surface area contributed by atoms with Crippen LogP contribution < -0.4 is 16.6 Å². The Morgan fingerprint density at radius 3 is 2.78 bits per heavy atom. The van der Waals surface area contributed by atoms with Gasteiger partial charge in [0.25, 0.3) is 5.56 Å². The van der Waals surface area contributed by atoms with Crippen molar-refractivity contribution in [1.29, 1.82) is 5.26 Å². The number of anilines is 1. The molecule has 11 heteroatoms. The molecule has 0 fully saturated rings. The molecule has 3 rings (SSSR count). The summed E-state index contributed by atoms with van der Waals surface area (Å²) in [5.41, 5.74) is -1.95. The Morgan fingerprint density at radius 1 is 1.30 bits per heavy atom. The predicted octanol–water partition coefficient (Wildman–Crippen LogP) is 0.511. The molecule has 0 aliphatic carbocycles. The normalized spacial score (nSPS) is 10.4. The largest absolute Gasteiger partial charge is 0.328 e. The SMILES string of the molecule is N#Cc1cc(NC(=O)Cn2cc(F)c(=O)[nH]c2=O)n(-c2cccc(F)c2)n1. The summed E-state index contributed by atoms with van der Waals surface area (Å²) < 4.78 is 28.5. The van der Waals surface area contributed by atoms with Crippen molar-refractivity contribution in [1.82, 2.24) is 19.3 Å². The maximum Gasteiger partial charge on any atom is 0.328 e. The van der Waals surface area contributed by atoms with E-state index in [4.69, 9.17) is 5.26 Å². The molecule has 1 amide bonds. The summed E-state index contributed by atoms with van der Waals surface area (Å²) >= 11 is 0. The Kier molecular flexibility index (Phi) is 4.63. The summed E-state index contributed by atoms with van der Waals surface area (Å²) in [6.45, 7) is -0.608. The van der Waals surface area contributed by atoms with Gasteiger partial charge in [0.1, 0.15) is 24.2 Å². The van der Waals surface area contributed by atoms with E-state index in [2.05, 4.69) is 10.4 Å². The van der Waals surface area contributed by atoms with Crippen molar-refractivity contribution in [2.45, 2.75) is 6.54 Å². The van der Waals surface area contributed by atoms with Crippen molar-refractivity contribution in [3.63, 3.8) is 0 Å². The molecule has 1 aromatic carbocycles. The molecule has 0 aliphatic heterocycles. The Bertz CT molecular complexity index is 1190. The molecule has 0 saturated heterocycles. The number of nitrogens with zero attached hydrogens (tertiary/aromatic N) is 4. The molecule has 2 N–H and O–H groups in total. The van der Waals surface area contributed by atoms with E-state index in [0.717, 1.165) is 10.7 Å². The quantitative estimate of drug-likeness (QED) is 0.690. The van der Waals surface area contributed by atoms with E-state index >= 15 is 0 Å². The zero-order valence-electron chi connectivity index (χ0n) is 13.4. The van der Waals surface area contributed by atoms with Crippen molar-refractivity contribution in [3.8, 4) is 11.8 Å². The number of carbonyl (C=O) groups excluding carboxylic acids is 1. The van der Waals surface area contributed by atoms with E-state index in [1.54, 1.807) is 11.1 Å². The maximum atomic E-state index is 13.4. The first-order valence-electron chi connectivity index (χ1n) is 7.42. The van der Waals surface area contributed by atoms with Crippen LogP contribution in [0.5, 0.6) is 0 Å². The smallest absolute Gasteiger partial charge is 0.309 e. The summed E-state index contributed by atoms with van der Waals surface area (Å²) in [5, 5.41) is 15.4. The van der Waals surface area contributed by atoms with Crippen LogP contribution in [0.1, 0.15) is 5.69 Å². The molecule has 0 bridgehead atoms. The third-order valence-electron chi connectivity index (χ3n) is 3.43. The minimum absolute atomic E-state index is 0.0400. The molecule has 0 unspecified atom stereocenters. The maximum absolute atomic E-state index is 13.4. The van der Waals surface area contributed by atoms with Crippen LogP contribution in [0.4, 0.5) is 14.6 Å². The Morgan fingerprint density at radius 2 is 2.07 bits per heavy atom. The molecule has 0 aliphatic rings. The Balaban J connectivity index is 1.90. The van der Waals surface area contributed by atoms with Crippen LogP contribution in [0.3, 0.4) is 0 Å². The number of halogens is 2. The molecule has 2 aromatic heterocycles. The van der Waals surface area contributed by atoms with Gasteiger partial charge in [-0.15, -0.1) is 0 Å². The number of aromatic amines is 1. The van der Waals surface area contributed by atoms with Gasteiger partial charge in [0.15, 0.2) is 5.69 Å². The highest BCUT2D eigenvalue weighted by Gasteiger charge is 2.14. The first kappa shape index (κ1) is 17.7. The van der Waals surface area contributed by atoms with Crippen molar-refractivity contribution >= 4 is 11.7 Å². The number of amides is 1. The molecule has 9 nitrogen and oxygen atoms in total. The number of nitriles is 1. The predicted molar refractivity (Wildman–Crippen MR) is 88.1 cm³/mol. The van der Waals surface area contributed by atoms with Crippen LogP contribution >= 0.6 is 0 Å². The molecule has 0 radical (unpaired) electrons. The first-order valence-corrected chi connectivity index (χ1v) is 7.42. The Hall–Kier alpha value is -4.07. The zero-order chi connectivity index (χ0) is 19.6. The summed E-state index contributed by atoms with van der Waals surface area (Å²) in [7, 11) is 0. The molecule has 136 valence electrons. The van der Waals surface area contributed by atoms with Crippen LogP contribution in [-0.4, -0.2) is 25.2 Å². The van der Waals surface area contributed by atoms with Crippen molar-refractivity contribution in [3.05, 3.63) is 74.7 Å². The van der Waals surface area contributed by atoms with Gasteiger partial charge in [-0.1, -0.05) is 6.07 Å². The van der Waals surface area contributed by atoms with Crippen molar-refractivity contribution in [2.75, 3.05) is 5.32 Å². The average Bonchev–Trinajstić information content (AvgIpc) is 3.02. The highest BCUT2D eigenvalue weighted by Crippen LogP contribution is 2.18. The van der Waals surface area contributed by atoms with Crippen molar-refractivity contribution in [2.24, 2.45) is 0 Å². The average molecular weight is 372 g/mol. The lowest BCUT2D eigenvalue weighted by atomic mass is 10.3. The molecule has 3 aromatic rings. The number of hydrogen-bond donors (Lipinski definition) is 2. The summed E-state index contributed by atoms with van der Waals surface area (Å²) in [6, 6.07) is 8.34. The number of H-pyrrole nitrogens is 1. The third-order valence-corrected chi connectivity index (χ3v) is 3.43. The van der Waals surface area contributed by atoms with Gasteiger partial charge in [0.05, 0.1) is 11.9 Å². The molecule has 0 saturated carbocycles. The highest BCUT2D eigenvalue weighted by atomic mass is 19.1. The van der Waals surface area contributed by atoms with Crippen LogP contribution in [0.25, 0.3) is 5.69 Å². The van der Waals surface area contributed by atoms with Gasteiger partial charge in [0.2, 0.25) is 11.7 Å². The number of carbonyl (C=O) groups is 1. The van der Waals surface area contributed by atoms with Gasteiger partial charge in [-0.25, -0.2) is 13.9 Å². The number of hydrogen-bond acceptors (Lipinski definition) is 5. The molecule has 2 heterocycles. The van der Waals surface area contributed by atoms with Crippen LogP contribution in [-0.2, 0) is 11.3 Å². The Labute approximate surface area is 149 Å². The van der Waals surface area contributed by atoms with Gasteiger partial charge in [-0.3, -0.25) is 19.1 Å². The lowest BCUT2D eigenvalue weighted by Gasteiger charge is -2.09. The van der Waals surface area contributed by atoms with E-state index in [0.29, 0.717) is 10.8 Å². The molecule has 27 heavy (non-hydrogen) atoms. The van der Waals surface area contributed by atoms with Gasteiger partial charge in [-0.05, 0) is 18.2 Å². The zero-order valence-corrected chi connectivity index (χ0v) is 13.4. The van der Waals surface area contributed by atoms with E-state index in [1.165, 1.54) is 24.3 Å². The fourth-order valence-electron chi connectivity index (χ4n) is 2.27. The van der Waals surface area contributed by atoms with E-state index in [-0.39, 0.29) is 17.2 Å². The minimum Gasteiger partial charge on any atom is -0.309 e. The summed E-state index contributed by atoms with van der Waals surface area (Å²) in [5.74, 6) is -2.49. The molecular weight excluding hydrogens is 362 g/mol. The number of aromatic nitrogens is 4. The fraction of sp³-hybridized carbons (Fsp3) is 0.0625. The van der Waals surface area contributed by atoms with Gasteiger partial charge in [0, 0.05) is 6.07 Å². The van der Waals surface area contributed by atoms with E-state index in [1.807, 2.05) is 0 Å². The van der Waals surface area contributed by atoms with E-state index in [9.17, 15) is 23.2 Å². The topological polar surface area (TPSA) is 126 Å². The van der Waals surface area contributed by atoms with Gasteiger partial charge in [-0.2, -0.15) is 14.8 Å². The second-order valence-electron chi connectivity index (χ2n) is 5.33.